The molecule has 106 valence electrons. The Morgan fingerprint density at radius 2 is 2.37 bits per heavy atom. The van der Waals surface area contributed by atoms with Gasteiger partial charge in [-0.15, -0.1) is 0 Å². The van der Waals surface area contributed by atoms with E-state index in [9.17, 15) is 0 Å². The summed E-state index contributed by atoms with van der Waals surface area (Å²) in [5, 5.41) is 4.26. The summed E-state index contributed by atoms with van der Waals surface area (Å²) >= 11 is 0. The van der Waals surface area contributed by atoms with E-state index >= 15 is 0 Å². The largest absolute Gasteiger partial charge is 0.329 e. The molecule has 3 atom stereocenters. The van der Waals surface area contributed by atoms with Gasteiger partial charge < -0.3 is 10.6 Å². The predicted molar refractivity (Wildman–Crippen MR) is 75.6 cm³/mol. The first-order chi connectivity index (χ1) is 9.14. The van der Waals surface area contributed by atoms with E-state index in [-0.39, 0.29) is 5.54 Å². The van der Waals surface area contributed by atoms with Crippen LogP contribution < -0.4 is 5.73 Å². The van der Waals surface area contributed by atoms with E-state index in [1.54, 1.807) is 0 Å². The van der Waals surface area contributed by atoms with Crippen molar-refractivity contribution in [3.63, 3.8) is 0 Å². The Morgan fingerprint density at radius 3 is 3.05 bits per heavy atom. The molecule has 2 aliphatic heterocycles. The van der Waals surface area contributed by atoms with Crippen molar-refractivity contribution in [3.05, 3.63) is 18.0 Å². The highest BCUT2D eigenvalue weighted by atomic mass is 15.3. The maximum atomic E-state index is 6.20. The van der Waals surface area contributed by atoms with Gasteiger partial charge in [0.2, 0.25) is 0 Å². The lowest BCUT2D eigenvalue weighted by Gasteiger charge is -2.48. The van der Waals surface area contributed by atoms with Gasteiger partial charge in [0.05, 0.1) is 6.20 Å². The van der Waals surface area contributed by atoms with Crippen molar-refractivity contribution in [2.24, 2.45) is 18.7 Å². The molecule has 0 saturated carbocycles. The zero-order valence-corrected chi connectivity index (χ0v) is 12.0. The third-order valence-electron chi connectivity index (χ3n) is 5.19. The van der Waals surface area contributed by atoms with Crippen LogP contribution in [0.25, 0.3) is 0 Å². The van der Waals surface area contributed by atoms with Crippen LogP contribution in [0.3, 0.4) is 0 Å². The minimum Gasteiger partial charge on any atom is -0.329 e. The Bertz CT molecular complexity index is 443. The number of nitrogens with two attached hydrogens (primary N) is 1. The summed E-state index contributed by atoms with van der Waals surface area (Å²) in [6, 6.07) is 0. The number of rotatable bonds is 4. The number of aromatic nitrogens is 2. The lowest BCUT2D eigenvalue weighted by molar-refractivity contribution is 0.0212. The van der Waals surface area contributed by atoms with Crippen LogP contribution in [0.15, 0.2) is 12.4 Å². The zero-order chi connectivity index (χ0) is 13.5. The predicted octanol–water partition coefficient (Wildman–Crippen LogP) is 0.275. The molecule has 0 radical (unpaired) electrons. The standard InChI is InChI=1S/C14H25N5/c1-17(8-12-7-16-18(2)9-12)14(11-15)4-6-19-5-3-13(14)10-19/h7,9,13H,3-6,8,10-11,15H2,1-2H3. The first-order valence-electron chi connectivity index (χ1n) is 7.25. The highest BCUT2D eigenvalue weighted by Gasteiger charge is 2.47. The van der Waals surface area contributed by atoms with Gasteiger partial charge in [0.1, 0.15) is 0 Å². The van der Waals surface area contributed by atoms with Crippen LogP contribution >= 0.6 is 0 Å². The Hall–Kier alpha value is -0.910. The van der Waals surface area contributed by atoms with Crippen LogP contribution in [-0.2, 0) is 13.6 Å². The van der Waals surface area contributed by atoms with Crippen molar-refractivity contribution in [3.8, 4) is 0 Å². The normalized spacial score (nSPS) is 34.1. The average molecular weight is 263 g/mol. The molecule has 1 aromatic rings. The molecule has 2 fully saturated rings. The smallest absolute Gasteiger partial charge is 0.0534 e. The average Bonchev–Trinajstić information content (AvgIpc) is 2.98. The summed E-state index contributed by atoms with van der Waals surface area (Å²) in [5.74, 6) is 0.730. The molecule has 2 N–H and O–H groups in total. The topological polar surface area (TPSA) is 50.3 Å². The first-order valence-corrected chi connectivity index (χ1v) is 7.25. The van der Waals surface area contributed by atoms with E-state index in [1.165, 1.54) is 38.0 Å². The Kier molecular flexibility index (Phi) is 3.37. The Morgan fingerprint density at radius 1 is 1.53 bits per heavy atom. The molecule has 3 unspecified atom stereocenters. The molecule has 3 heterocycles. The highest BCUT2D eigenvalue weighted by molar-refractivity contribution is 5.09. The van der Waals surface area contributed by atoms with Gasteiger partial charge in [-0.2, -0.15) is 5.10 Å². The molecule has 0 aliphatic carbocycles. The molecular weight excluding hydrogens is 238 g/mol. The maximum Gasteiger partial charge on any atom is 0.0534 e. The zero-order valence-electron chi connectivity index (χ0n) is 12.0. The van der Waals surface area contributed by atoms with Gasteiger partial charge >= 0.3 is 0 Å². The number of piperidine rings is 1. The van der Waals surface area contributed by atoms with Crippen LogP contribution in [0, 0.1) is 5.92 Å². The molecular formula is C14H25N5. The van der Waals surface area contributed by atoms with Gasteiger partial charge in [0.15, 0.2) is 0 Å². The third-order valence-corrected chi connectivity index (χ3v) is 5.19. The number of likely N-dealkylation sites (N-methyl/N-ethyl adjacent to an activating group) is 1. The molecule has 0 spiro atoms. The molecule has 2 saturated heterocycles. The Labute approximate surface area is 115 Å². The number of hydrogen-bond acceptors (Lipinski definition) is 4. The van der Waals surface area contributed by atoms with E-state index in [0.29, 0.717) is 0 Å². The van der Waals surface area contributed by atoms with Crippen molar-refractivity contribution < 1.29 is 0 Å². The van der Waals surface area contributed by atoms with E-state index in [2.05, 4.69) is 28.1 Å². The molecule has 3 rings (SSSR count). The number of hydrogen-bond donors (Lipinski definition) is 1. The molecule has 2 aliphatic rings. The van der Waals surface area contributed by atoms with E-state index in [4.69, 9.17) is 5.73 Å². The summed E-state index contributed by atoms with van der Waals surface area (Å²) in [4.78, 5) is 5.06. The minimum atomic E-state index is 0.183. The maximum absolute atomic E-state index is 6.20. The number of nitrogens with zero attached hydrogens (tertiary/aromatic N) is 4. The van der Waals surface area contributed by atoms with E-state index in [1.807, 2.05) is 17.9 Å². The van der Waals surface area contributed by atoms with Crippen molar-refractivity contribution in [1.82, 2.24) is 19.6 Å². The summed E-state index contributed by atoms with van der Waals surface area (Å²) in [6.45, 7) is 5.40. The van der Waals surface area contributed by atoms with Gasteiger partial charge in [-0.25, -0.2) is 0 Å². The molecule has 5 nitrogen and oxygen atoms in total. The van der Waals surface area contributed by atoms with Crippen molar-refractivity contribution in [2.45, 2.75) is 24.9 Å². The van der Waals surface area contributed by atoms with Gasteiger partial charge in [0, 0.05) is 44.0 Å². The molecule has 1 aromatic heterocycles. The van der Waals surface area contributed by atoms with Crippen molar-refractivity contribution in [2.75, 3.05) is 33.2 Å². The van der Waals surface area contributed by atoms with Gasteiger partial charge in [0.25, 0.3) is 0 Å². The first kappa shape index (κ1) is 13.1. The molecule has 19 heavy (non-hydrogen) atoms. The van der Waals surface area contributed by atoms with Crippen LogP contribution in [0.1, 0.15) is 18.4 Å². The summed E-state index contributed by atoms with van der Waals surface area (Å²) in [6.07, 6.45) is 6.56. The fourth-order valence-electron chi connectivity index (χ4n) is 3.94. The third kappa shape index (κ3) is 2.20. The second kappa shape index (κ2) is 4.89. The number of fused-ring (bicyclic) bond motifs is 2. The van der Waals surface area contributed by atoms with E-state index in [0.717, 1.165) is 19.0 Å². The lowest BCUT2D eigenvalue weighted by Crippen LogP contribution is -2.60. The van der Waals surface area contributed by atoms with Crippen LogP contribution in [0.2, 0.25) is 0 Å². The summed E-state index contributed by atoms with van der Waals surface area (Å²) < 4.78 is 1.87. The van der Waals surface area contributed by atoms with Gasteiger partial charge in [-0.1, -0.05) is 0 Å². The fourth-order valence-corrected chi connectivity index (χ4v) is 3.94. The number of aryl methyl sites for hydroxylation is 1. The van der Waals surface area contributed by atoms with E-state index < -0.39 is 0 Å². The molecule has 0 amide bonds. The van der Waals surface area contributed by atoms with Crippen molar-refractivity contribution in [1.29, 1.82) is 0 Å². The van der Waals surface area contributed by atoms with Crippen molar-refractivity contribution >= 4 is 0 Å². The molecule has 0 aromatic carbocycles. The second-order valence-corrected chi connectivity index (χ2v) is 6.22. The minimum absolute atomic E-state index is 0.183. The fraction of sp³-hybridized carbons (Fsp3) is 0.786. The SMILES string of the molecule is CN(Cc1cnn(C)c1)C1(CN)CCN2CCC1C2. The molecule has 5 heteroatoms. The van der Waals surface area contributed by atoms with Crippen LogP contribution in [-0.4, -0.2) is 58.3 Å². The Balaban J connectivity index is 1.77. The van der Waals surface area contributed by atoms with Gasteiger partial charge in [-0.05, 0) is 38.9 Å². The quantitative estimate of drug-likeness (QED) is 0.847. The summed E-state index contributed by atoms with van der Waals surface area (Å²) in [5.41, 5.74) is 7.66. The van der Waals surface area contributed by atoms with Crippen LogP contribution in [0.5, 0.6) is 0 Å². The monoisotopic (exact) mass is 263 g/mol. The lowest BCUT2D eigenvalue weighted by atomic mass is 9.77. The second-order valence-electron chi connectivity index (χ2n) is 6.22. The van der Waals surface area contributed by atoms with Crippen LogP contribution in [0.4, 0.5) is 0 Å². The summed E-state index contributed by atoms with van der Waals surface area (Å²) in [7, 11) is 4.20. The van der Waals surface area contributed by atoms with Gasteiger partial charge in [-0.3, -0.25) is 9.58 Å². The molecule has 2 bridgehead atoms. The highest BCUT2D eigenvalue weighted by Crippen LogP contribution is 2.39.